The third-order valence-electron chi connectivity index (χ3n) is 4.42. The zero-order valence-electron chi connectivity index (χ0n) is 9.81. The van der Waals surface area contributed by atoms with Crippen LogP contribution in [0.1, 0.15) is 65.2 Å². The summed E-state index contributed by atoms with van der Waals surface area (Å²) in [6, 6.07) is 0.832. The molecule has 2 atom stereocenters. The smallest absolute Gasteiger partial charge is 0.0156 e. The summed E-state index contributed by atoms with van der Waals surface area (Å²) in [5, 5.41) is 3.93. The van der Waals surface area contributed by atoms with Gasteiger partial charge in [0.2, 0.25) is 0 Å². The van der Waals surface area contributed by atoms with Crippen LogP contribution < -0.4 is 5.32 Å². The summed E-state index contributed by atoms with van der Waals surface area (Å²) in [6.07, 6.45) is 11.4. The molecule has 0 heterocycles. The second-order valence-electron chi connectivity index (χ2n) is 5.62. The molecule has 0 aromatic carbocycles. The van der Waals surface area contributed by atoms with Gasteiger partial charge >= 0.3 is 0 Å². The summed E-state index contributed by atoms with van der Waals surface area (Å²) in [5.74, 6) is 0.959. The van der Waals surface area contributed by atoms with Crippen molar-refractivity contribution in [2.45, 2.75) is 76.8 Å². The molecule has 0 aromatic heterocycles. The zero-order valence-corrected chi connectivity index (χ0v) is 9.81. The van der Waals surface area contributed by atoms with Gasteiger partial charge in [0.1, 0.15) is 0 Å². The highest BCUT2D eigenvalue weighted by atomic mass is 15.0. The quantitative estimate of drug-likeness (QED) is 0.727. The molecule has 0 spiro atoms. The van der Waals surface area contributed by atoms with Gasteiger partial charge in [0.15, 0.2) is 0 Å². The predicted molar refractivity (Wildman–Crippen MR) is 61.4 cm³/mol. The predicted octanol–water partition coefficient (Wildman–Crippen LogP) is 3.49. The average molecular weight is 195 g/mol. The van der Waals surface area contributed by atoms with E-state index in [0.717, 1.165) is 12.0 Å². The minimum atomic E-state index is 0.509. The first-order valence-corrected chi connectivity index (χ1v) is 6.51. The highest BCUT2D eigenvalue weighted by Crippen LogP contribution is 2.35. The van der Waals surface area contributed by atoms with Gasteiger partial charge in [-0.05, 0) is 44.9 Å². The van der Waals surface area contributed by atoms with E-state index < -0.39 is 0 Å². The molecular formula is C13H25N. The summed E-state index contributed by atoms with van der Waals surface area (Å²) < 4.78 is 0. The topological polar surface area (TPSA) is 12.0 Å². The maximum Gasteiger partial charge on any atom is 0.0156 e. The molecular weight excluding hydrogens is 170 g/mol. The molecule has 0 bridgehead atoms. The van der Waals surface area contributed by atoms with Crippen LogP contribution in [0.25, 0.3) is 0 Å². The Balaban J connectivity index is 1.87. The number of nitrogens with one attached hydrogen (secondary N) is 1. The molecule has 2 unspecified atom stereocenters. The normalized spacial score (nSPS) is 36.4. The maximum atomic E-state index is 3.93. The third-order valence-corrected chi connectivity index (χ3v) is 4.42. The maximum absolute atomic E-state index is 3.93. The number of hydrogen-bond acceptors (Lipinski definition) is 1. The lowest BCUT2D eigenvalue weighted by Crippen LogP contribution is -2.55. The molecule has 1 nitrogen and oxygen atoms in total. The Morgan fingerprint density at radius 3 is 2.43 bits per heavy atom. The first-order chi connectivity index (χ1) is 6.73. The van der Waals surface area contributed by atoms with E-state index in [1.165, 1.54) is 51.4 Å². The van der Waals surface area contributed by atoms with Gasteiger partial charge in [-0.25, -0.2) is 0 Å². The van der Waals surface area contributed by atoms with Gasteiger partial charge in [-0.2, -0.15) is 0 Å². The van der Waals surface area contributed by atoms with E-state index in [9.17, 15) is 0 Å². The van der Waals surface area contributed by atoms with E-state index in [1.54, 1.807) is 0 Å². The van der Waals surface area contributed by atoms with Crippen molar-refractivity contribution in [3.05, 3.63) is 0 Å². The summed E-state index contributed by atoms with van der Waals surface area (Å²) in [7, 11) is 0. The second kappa shape index (κ2) is 4.22. The molecule has 2 fully saturated rings. The summed E-state index contributed by atoms with van der Waals surface area (Å²) in [6.45, 7) is 4.77. The zero-order chi connectivity index (χ0) is 10.0. The molecule has 2 aliphatic carbocycles. The number of rotatable bonds is 3. The Bertz CT molecular complexity index is 184. The molecule has 0 radical (unpaired) electrons. The van der Waals surface area contributed by atoms with Crippen molar-refractivity contribution >= 4 is 0 Å². The molecule has 2 rings (SSSR count). The van der Waals surface area contributed by atoms with Gasteiger partial charge < -0.3 is 5.32 Å². The Labute approximate surface area is 88.7 Å². The molecule has 2 saturated carbocycles. The van der Waals surface area contributed by atoms with E-state index in [-0.39, 0.29) is 0 Å². The SMILES string of the molecule is CCC1CCCCC1NC1(C)CCC1. The summed E-state index contributed by atoms with van der Waals surface area (Å²) in [4.78, 5) is 0. The highest BCUT2D eigenvalue weighted by Gasteiger charge is 2.36. The first kappa shape index (κ1) is 10.5. The van der Waals surface area contributed by atoms with Crippen molar-refractivity contribution in [3.8, 4) is 0 Å². The molecule has 82 valence electrons. The van der Waals surface area contributed by atoms with Crippen LogP contribution in [-0.4, -0.2) is 11.6 Å². The molecule has 0 aliphatic heterocycles. The minimum absolute atomic E-state index is 0.509. The van der Waals surface area contributed by atoms with E-state index in [1.807, 2.05) is 0 Å². The molecule has 0 saturated heterocycles. The highest BCUT2D eigenvalue weighted by molar-refractivity contribution is 4.95. The van der Waals surface area contributed by atoms with Gasteiger partial charge in [0.25, 0.3) is 0 Å². The van der Waals surface area contributed by atoms with Crippen molar-refractivity contribution in [1.29, 1.82) is 0 Å². The van der Waals surface area contributed by atoms with Crippen LogP contribution >= 0.6 is 0 Å². The van der Waals surface area contributed by atoms with Gasteiger partial charge in [0, 0.05) is 11.6 Å². The summed E-state index contributed by atoms with van der Waals surface area (Å²) >= 11 is 0. The van der Waals surface area contributed by atoms with Crippen molar-refractivity contribution in [2.24, 2.45) is 5.92 Å². The Kier molecular flexibility index (Phi) is 3.16. The minimum Gasteiger partial charge on any atom is -0.308 e. The molecule has 0 amide bonds. The van der Waals surface area contributed by atoms with Gasteiger partial charge in [-0.15, -0.1) is 0 Å². The van der Waals surface area contributed by atoms with Crippen LogP contribution in [0, 0.1) is 5.92 Å². The molecule has 1 N–H and O–H groups in total. The Morgan fingerprint density at radius 1 is 1.14 bits per heavy atom. The molecule has 14 heavy (non-hydrogen) atoms. The van der Waals surface area contributed by atoms with E-state index in [4.69, 9.17) is 0 Å². The van der Waals surface area contributed by atoms with Crippen molar-refractivity contribution in [1.82, 2.24) is 5.32 Å². The third kappa shape index (κ3) is 2.13. The fourth-order valence-corrected chi connectivity index (χ4v) is 3.19. The largest absolute Gasteiger partial charge is 0.308 e. The van der Waals surface area contributed by atoms with Gasteiger partial charge in [-0.1, -0.05) is 26.2 Å². The summed E-state index contributed by atoms with van der Waals surface area (Å²) in [5.41, 5.74) is 0.509. The van der Waals surface area contributed by atoms with Crippen molar-refractivity contribution < 1.29 is 0 Å². The molecule has 2 aliphatic rings. The fourth-order valence-electron chi connectivity index (χ4n) is 3.19. The van der Waals surface area contributed by atoms with Crippen molar-refractivity contribution in [2.75, 3.05) is 0 Å². The van der Waals surface area contributed by atoms with Gasteiger partial charge in [0.05, 0.1) is 0 Å². The second-order valence-corrected chi connectivity index (χ2v) is 5.62. The average Bonchev–Trinajstić information content (AvgIpc) is 2.16. The lowest BCUT2D eigenvalue weighted by atomic mass is 9.75. The van der Waals surface area contributed by atoms with E-state index in [0.29, 0.717) is 5.54 Å². The van der Waals surface area contributed by atoms with Crippen LogP contribution in [0.2, 0.25) is 0 Å². The molecule has 0 aromatic rings. The first-order valence-electron chi connectivity index (χ1n) is 6.51. The van der Waals surface area contributed by atoms with Crippen molar-refractivity contribution in [3.63, 3.8) is 0 Å². The van der Waals surface area contributed by atoms with Gasteiger partial charge in [-0.3, -0.25) is 0 Å². The Hall–Kier alpha value is -0.0400. The van der Waals surface area contributed by atoms with Crippen LogP contribution in [0.5, 0.6) is 0 Å². The fraction of sp³-hybridized carbons (Fsp3) is 1.00. The monoisotopic (exact) mass is 195 g/mol. The van der Waals surface area contributed by atoms with Crippen LogP contribution in [0.3, 0.4) is 0 Å². The standard InChI is InChI=1S/C13H25N/c1-3-11-7-4-5-8-12(11)14-13(2)9-6-10-13/h11-12,14H,3-10H2,1-2H3. The lowest BCUT2D eigenvalue weighted by molar-refractivity contribution is 0.136. The van der Waals surface area contributed by atoms with Crippen LogP contribution in [0.15, 0.2) is 0 Å². The van der Waals surface area contributed by atoms with Crippen LogP contribution in [0.4, 0.5) is 0 Å². The molecule has 1 heteroatoms. The Morgan fingerprint density at radius 2 is 1.86 bits per heavy atom. The number of hydrogen-bond donors (Lipinski definition) is 1. The van der Waals surface area contributed by atoms with E-state index in [2.05, 4.69) is 19.2 Å². The van der Waals surface area contributed by atoms with E-state index >= 15 is 0 Å². The lowest BCUT2D eigenvalue weighted by Gasteiger charge is -2.45. The van der Waals surface area contributed by atoms with Crippen LogP contribution in [-0.2, 0) is 0 Å².